The predicted molar refractivity (Wildman–Crippen MR) is 158 cm³/mol. The lowest BCUT2D eigenvalue weighted by Gasteiger charge is -2.18. The first kappa shape index (κ1) is 36.7. The smallest absolute Gasteiger partial charge is 0.342 e. The Morgan fingerprint density at radius 3 is 1.47 bits per heavy atom. The largest absolute Gasteiger partial charge is 0.508 e. The Labute approximate surface area is 261 Å². The van der Waals surface area contributed by atoms with Gasteiger partial charge in [-0.3, -0.25) is 9.59 Å². The molecule has 0 aliphatic heterocycles. The second-order valence-corrected chi connectivity index (χ2v) is 13.2. The van der Waals surface area contributed by atoms with E-state index in [9.17, 15) is 48.0 Å². The number of aromatic hydroxyl groups is 4. The minimum absolute atomic E-state index is 0.252. The number of benzene rings is 2. The zero-order chi connectivity index (χ0) is 34.3. The molecule has 0 aliphatic rings. The minimum atomic E-state index is -3.47. The second kappa shape index (κ2) is 15.0. The first-order valence-corrected chi connectivity index (χ1v) is 14.9. The van der Waals surface area contributed by atoms with Crippen LogP contribution in [0, 0.1) is 10.8 Å². The first-order valence-electron chi connectivity index (χ1n) is 13.7. The van der Waals surface area contributed by atoms with Crippen molar-refractivity contribution in [3.63, 3.8) is 0 Å². The molecule has 0 bridgehead atoms. The highest BCUT2D eigenvalue weighted by Gasteiger charge is 2.29. The highest BCUT2D eigenvalue weighted by Crippen LogP contribution is 2.39. The highest BCUT2D eigenvalue weighted by atomic mass is 32.2. The molecule has 0 saturated carbocycles. The third-order valence-corrected chi connectivity index (χ3v) is 7.06. The van der Waals surface area contributed by atoms with E-state index in [1.807, 2.05) is 0 Å². The zero-order valence-electron chi connectivity index (χ0n) is 25.7. The molecule has 0 aromatic heterocycles. The number of hydrogen-bond acceptors (Lipinski definition) is 14. The summed E-state index contributed by atoms with van der Waals surface area (Å²) in [5.41, 5.74) is -3.38. The van der Waals surface area contributed by atoms with Crippen molar-refractivity contribution in [2.24, 2.45) is 10.8 Å². The first-order chi connectivity index (χ1) is 20.7. The van der Waals surface area contributed by atoms with Crippen molar-refractivity contribution in [2.45, 2.75) is 53.2 Å². The SMILES string of the molecule is CC(C)(C)C(=O)OCCOC(=O)c1cc(O)cc(CC(c2cc(O)cc(C(=O)OCCOC(=O)C(C)(C)C)c2O)[SH](=O)=O)c1O. The van der Waals surface area contributed by atoms with E-state index in [2.05, 4.69) is 0 Å². The molecule has 0 heterocycles. The summed E-state index contributed by atoms with van der Waals surface area (Å²) in [5.74, 6) is -6.08. The summed E-state index contributed by atoms with van der Waals surface area (Å²) in [4.78, 5) is 49.0. The summed E-state index contributed by atoms with van der Waals surface area (Å²) in [7, 11) is -3.47. The quantitative estimate of drug-likeness (QED) is 0.0731. The summed E-state index contributed by atoms with van der Waals surface area (Å²) in [6.45, 7) is 8.43. The molecule has 0 fully saturated rings. The molecule has 2 aromatic carbocycles. The fourth-order valence-electron chi connectivity index (χ4n) is 3.67. The Kier molecular flexibility index (Phi) is 12.2. The van der Waals surface area contributed by atoms with E-state index >= 15 is 0 Å². The molecule has 2 aromatic rings. The number of phenols is 4. The number of thiol groups is 1. The molecular formula is C30H38O14S. The van der Waals surface area contributed by atoms with Crippen LogP contribution in [0.4, 0.5) is 0 Å². The van der Waals surface area contributed by atoms with Gasteiger partial charge in [-0.05, 0) is 72.2 Å². The van der Waals surface area contributed by atoms with Crippen molar-refractivity contribution in [3.05, 3.63) is 46.5 Å². The van der Waals surface area contributed by atoms with Crippen molar-refractivity contribution in [2.75, 3.05) is 26.4 Å². The normalized spacial score (nSPS) is 12.3. The number of rotatable bonds is 12. The molecule has 0 spiro atoms. The van der Waals surface area contributed by atoms with Crippen molar-refractivity contribution < 1.29 is 67.0 Å². The molecule has 4 N–H and O–H groups in total. The fraction of sp³-hybridized carbons (Fsp3) is 0.467. The number of ether oxygens (including phenoxy) is 4. The lowest BCUT2D eigenvalue weighted by Crippen LogP contribution is -2.25. The molecule has 2 rings (SSSR count). The van der Waals surface area contributed by atoms with Gasteiger partial charge in [-0.2, -0.15) is 0 Å². The highest BCUT2D eigenvalue weighted by molar-refractivity contribution is 7.72. The van der Waals surface area contributed by atoms with Gasteiger partial charge in [0.25, 0.3) is 0 Å². The van der Waals surface area contributed by atoms with Crippen molar-refractivity contribution >= 4 is 34.6 Å². The molecule has 1 atom stereocenters. The summed E-state index contributed by atoms with van der Waals surface area (Å²) in [6, 6.07) is 3.60. The van der Waals surface area contributed by atoms with Gasteiger partial charge in [-0.15, -0.1) is 0 Å². The third-order valence-electron chi connectivity index (χ3n) is 6.09. The third kappa shape index (κ3) is 10.3. The minimum Gasteiger partial charge on any atom is -0.508 e. The molecule has 15 heteroatoms. The topological polar surface area (TPSA) is 220 Å². The maximum atomic E-state index is 12.6. The molecule has 0 saturated heterocycles. The number of carbonyl (C=O) groups excluding carboxylic acids is 4. The summed E-state index contributed by atoms with van der Waals surface area (Å²) < 4.78 is 44.6. The van der Waals surface area contributed by atoms with Gasteiger partial charge in [0.05, 0.1) is 16.1 Å². The molecule has 0 aliphatic carbocycles. The molecule has 1 unspecified atom stereocenters. The fourth-order valence-corrected chi connectivity index (χ4v) is 4.44. The lowest BCUT2D eigenvalue weighted by atomic mass is 9.97. The van der Waals surface area contributed by atoms with Crippen LogP contribution >= 0.6 is 0 Å². The van der Waals surface area contributed by atoms with Crippen LogP contribution in [0.5, 0.6) is 23.0 Å². The Hall–Kier alpha value is -4.53. The van der Waals surface area contributed by atoms with Crippen LogP contribution in [0.25, 0.3) is 0 Å². The van der Waals surface area contributed by atoms with Crippen LogP contribution in [0.2, 0.25) is 0 Å². The van der Waals surface area contributed by atoms with Gasteiger partial charge in [0.1, 0.15) is 71.3 Å². The summed E-state index contributed by atoms with van der Waals surface area (Å²) in [6.07, 6.45) is -0.628. The lowest BCUT2D eigenvalue weighted by molar-refractivity contribution is -0.154. The second-order valence-electron chi connectivity index (χ2n) is 12.0. The van der Waals surface area contributed by atoms with Crippen molar-refractivity contribution in [3.8, 4) is 23.0 Å². The van der Waals surface area contributed by atoms with Crippen LogP contribution in [0.1, 0.15) is 78.6 Å². The van der Waals surface area contributed by atoms with Crippen LogP contribution < -0.4 is 0 Å². The molecule has 248 valence electrons. The van der Waals surface area contributed by atoms with Gasteiger partial charge in [0.15, 0.2) is 0 Å². The van der Waals surface area contributed by atoms with Gasteiger partial charge in [-0.25, -0.2) is 18.0 Å². The van der Waals surface area contributed by atoms with Crippen LogP contribution in [-0.2, 0) is 45.7 Å². The van der Waals surface area contributed by atoms with Crippen molar-refractivity contribution in [1.29, 1.82) is 0 Å². The molecular weight excluding hydrogens is 616 g/mol. The average molecular weight is 655 g/mol. The number of hydrogen-bond donors (Lipinski definition) is 5. The van der Waals surface area contributed by atoms with Gasteiger partial charge >= 0.3 is 23.9 Å². The van der Waals surface area contributed by atoms with E-state index < -0.39 is 103 Å². The Balaban J connectivity index is 2.26. The van der Waals surface area contributed by atoms with Gasteiger partial charge in [-0.1, -0.05) is 0 Å². The monoisotopic (exact) mass is 654 g/mol. The van der Waals surface area contributed by atoms with E-state index in [0.717, 1.165) is 24.3 Å². The molecule has 45 heavy (non-hydrogen) atoms. The van der Waals surface area contributed by atoms with E-state index in [-0.39, 0.29) is 25.4 Å². The summed E-state index contributed by atoms with van der Waals surface area (Å²) in [5, 5.41) is 40.3. The molecule has 0 radical (unpaired) electrons. The number of phenolic OH excluding ortho intramolecular Hbond substituents is 4. The summed E-state index contributed by atoms with van der Waals surface area (Å²) >= 11 is 0. The zero-order valence-corrected chi connectivity index (χ0v) is 26.6. The number of carbonyl (C=O) groups is 4. The van der Waals surface area contributed by atoms with Gasteiger partial charge < -0.3 is 39.4 Å². The Morgan fingerprint density at radius 2 is 1.04 bits per heavy atom. The van der Waals surface area contributed by atoms with Gasteiger partial charge in [0.2, 0.25) is 0 Å². The average Bonchev–Trinajstić information content (AvgIpc) is 2.92. The maximum Gasteiger partial charge on any atom is 0.342 e. The van der Waals surface area contributed by atoms with E-state index in [0.29, 0.717) is 0 Å². The van der Waals surface area contributed by atoms with Crippen LogP contribution in [0.3, 0.4) is 0 Å². The van der Waals surface area contributed by atoms with Crippen LogP contribution in [-0.4, -0.2) is 79.1 Å². The van der Waals surface area contributed by atoms with E-state index in [1.54, 1.807) is 41.5 Å². The Morgan fingerprint density at radius 1 is 0.644 bits per heavy atom. The predicted octanol–water partition coefficient (Wildman–Crippen LogP) is 2.90. The number of esters is 4. The standard InChI is InChI=1S/C30H38O14S/c1-29(2,3)27(37)43-9-7-41-25(35)20-14-17(31)11-16(23(20)33)12-22(45(39)40)19-13-18(32)15-21(24(19)34)26(36)42-8-10-44-28(38)30(4,5)6/h11,13-15,22,31-34,45H,7-10,12H2,1-6H3. The van der Waals surface area contributed by atoms with Gasteiger partial charge in [0, 0.05) is 11.1 Å². The maximum absolute atomic E-state index is 12.6. The molecule has 14 nitrogen and oxygen atoms in total. The van der Waals surface area contributed by atoms with Crippen LogP contribution in [0.15, 0.2) is 24.3 Å². The Bertz CT molecular complexity index is 1500. The van der Waals surface area contributed by atoms with E-state index in [1.165, 1.54) is 0 Å². The molecule has 0 amide bonds. The van der Waals surface area contributed by atoms with E-state index in [4.69, 9.17) is 18.9 Å². The van der Waals surface area contributed by atoms with Crippen molar-refractivity contribution in [1.82, 2.24) is 0 Å².